The summed E-state index contributed by atoms with van der Waals surface area (Å²) in [7, 11) is 1.38. The number of ether oxygens (including phenoxy) is 2. The van der Waals surface area contributed by atoms with Crippen LogP contribution >= 0.6 is 0 Å². The van der Waals surface area contributed by atoms with Crippen LogP contribution in [-0.4, -0.2) is 12.0 Å². The number of nitrogens with zero attached hydrogens (tertiary/aromatic N) is 1. The normalized spacial score (nSPS) is 10.2. The number of rotatable bonds is 5. The summed E-state index contributed by atoms with van der Waals surface area (Å²) in [6.07, 6.45) is 0. The van der Waals surface area contributed by atoms with Gasteiger partial charge in [-0.05, 0) is 19.1 Å². The fourth-order valence-electron chi connectivity index (χ4n) is 1.94. The van der Waals surface area contributed by atoms with Crippen molar-refractivity contribution < 1.29 is 18.8 Å². The zero-order valence-electron chi connectivity index (χ0n) is 11.6. The van der Waals surface area contributed by atoms with Crippen molar-refractivity contribution in [1.82, 2.24) is 0 Å². The van der Waals surface area contributed by atoms with Gasteiger partial charge in [0.25, 0.3) is 5.69 Å². The fourth-order valence-corrected chi connectivity index (χ4v) is 1.94. The molecule has 110 valence electrons. The summed E-state index contributed by atoms with van der Waals surface area (Å²) in [6, 6.07) is 9.28. The van der Waals surface area contributed by atoms with Crippen molar-refractivity contribution in [3.8, 4) is 11.5 Å². The maximum atomic E-state index is 14.0. The number of hydrogen-bond acceptors (Lipinski definition) is 4. The van der Waals surface area contributed by atoms with Crippen LogP contribution in [0.3, 0.4) is 0 Å². The van der Waals surface area contributed by atoms with Gasteiger partial charge in [0.05, 0.1) is 17.6 Å². The zero-order chi connectivity index (χ0) is 15.4. The summed E-state index contributed by atoms with van der Waals surface area (Å²) in [5.74, 6) is -0.0126. The highest BCUT2D eigenvalue weighted by atomic mass is 19.1. The first-order valence-electron chi connectivity index (χ1n) is 6.22. The van der Waals surface area contributed by atoms with Gasteiger partial charge in [-0.3, -0.25) is 10.1 Å². The largest absolute Gasteiger partial charge is 0.494 e. The van der Waals surface area contributed by atoms with E-state index in [2.05, 4.69) is 0 Å². The van der Waals surface area contributed by atoms with Crippen LogP contribution in [0.4, 0.5) is 10.1 Å². The number of benzene rings is 2. The predicted molar refractivity (Wildman–Crippen MR) is 75.1 cm³/mol. The average Bonchev–Trinajstić information content (AvgIpc) is 2.47. The molecule has 0 aliphatic heterocycles. The maximum absolute atomic E-state index is 14.0. The van der Waals surface area contributed by atoms with Gasteiger partial charge in [0, 0.05) is 11.6 Å². The van der Waals surface area contributed by atoms with E-state index in [1.54, 1.807) is 25.1 Å². The first-order chi connectivity index (χ1) is 10.0. The lowest BCUT2D eigenvalue weighted by atomic mass is 10.2. The second kappa shape index (κ2) is 6.21. The molecule has 0 amide bonds. The van der Waals surface area contributed by atoms with Gasteiger partial charge in [0.1, 0.15) is 12.4 Å². The van der Waals surface area contributed by atoms with Crippen LogP contribution in [-0.2, 0) is 6.61 Å². The van der Waals surface area contributed by atoms with Gasteiger partial charge < -0.3 is 9.47 Å². The molecule has 0 saturated carbocycles. The molecular formula is C15H14FNO4. The summed E-state index contributed by atoms with van der Waals surface area (Å²) >= 11 is 0. The highest BCUT2D eigenvalue weighted by Crippen LogP contribution is 2.28. The van der Waals surface area contributed by atoms with E-state index in [1.807, 2.05) is 0 Å². The van der Waals surface area contributed by atoms with Gasteiger partial charge in [0.2, 0.25) is 0 Å². The lowest BCUT2D eigenvalue weighted by molar-refractivity contribution is -0.385. The number of hydrogen-bond donors (Lipinski definition) is 0. The highest BCUT2D eigenvalue weighted by Gasteiger charge is 2.15. The van der Waals surface area contributed by atoms with Gasteiger partial charge in [-0.15, -0.1) is 0 Å². The topological polar surface area (TPSA) is 61.6 Å². The molecule has 0 radical (unpaired) electrons. The Hall–Kier alpha value is -2.63. The van der Waals surface area contributed by atoms with E-state index in [-0.39, 0.29) is 18.0 Å². The monoisotopic (exact) mass is 291 g/mol. The minimum Gasteiger partial charge on any atom is -0.494 e. The number of halogens is 1. The molecule has 21 heavy (non-hydrogen) atoms. The summed E-state index contributed by atoms with van der Waals surface area (Å²) in [5, 5.41) is 10.9. The van der Waals surface area contributed by atoms with Crippen molar-refractivity contribution in [1.29, 1.82) is 0 Å². The molecule has 0 spiro atoms. The third kappa shape index (κ3) is 3.10. The summed E-state index contributed by atoms with van der Waals surface area (Å²) in [5.41, 5.74) is 0.699. The SMILES string of the molecule is COc1cccc(COc2cccc([N+](=O)[O-])c2C)c1F. The molecule has 0 atom stereocenters. The Morgan fingerprint density at radius 1 is 1.19 bits per heavy atom. The second-order valence-corrected chi connectivity index (χ2v) is 4.38. The maximum Gasteiger partial charge on any atom is 0.276 e. The van der Waals surface area contributed by atoms with Gasteiger partial charge in [-0.1, -0.05) is 18.2 Å². The second-order valence-electron chi connectivity index (χ2n) is 4.38. The van der Waals surface area contributed by atoms with E-state index in [0.717, 1.165) is 0 Å². The zero-order valence-corrected chi connectivity index (χ0v) is 11.6. The van der Waals surface area contributed by atoms with E-state index >= 15 is 0 Å². The quantitative estimate of drug-likeness (QED) is 0.623. The van der Waals surface area contributed by atoms with Crippen LogP contribution in [0.15, 0.2) is 36.4 Å². The number of nitro groups is 1. The van der Waals surface area contributed by atoms with Gasteiger partial charge in [-0.2, -0.15) is 0 Å². The lowest BCUT2D eigenvalue weighted by Gasteiger charge is -2.11. The van der Waals surface area contributed by atoms with Gasteiger partial charge in [0.15, 0.2) is 11.6 Å². The summed E-state index contributed by atoms with van der Waals surface area (Å²) < 4.78 is 24.4. The minimum absolute atomic E-state index is 0.0291. The van der Waals surface area contributed by atoms with Gasteiger partial charge in [-0.25, -0.2) is 4.39 Å². The molecule has 0 bridgehead atoms. The Morgan fingerprint density at radius 3 is 2.52 bits per heavy atom. The van der Waals surface area contributed by atoms with Gasteiger partial charge >= 0.3 is 0 Å². The number of methoxy groups -OCH3 is 1. The van der Waals surface area contributed by atoms with Crippen LogP contribution in [0.1, 0.15) is 11.1 Å². The third-order valence-electron chi connectivity index (χ3n) is 3.10. The smallest absolute Gasteiger partial charge is 0.276 e. The van der Waals surface area contributed by atoms with Crippen molar-refractivity contribution >= 4 is 5.69 Å². The Kier molecular flexibility index (Phi) is 4.37. The first-order valence-corrected chi connectivity index (χ1v) is 6.22. The van der Waals surface area contributed by atoms with E-state index < -0.39 is 10.7 Å². The third-order valence-corrected chi connectivity index (χ3v) is 3.10. The lowest BCUT2D eigenvalue weighted by Crippen LogP contribution is -2.02. The van der Waals surface area contributed by atoms with Crippen LogP contribution in [0.25, 0.3) is 0 Å². The molecule has 2 rings (SSSR count). The summed E-state index contributed by atoms with van der Waals surface area (Å²) in [6.45, 7) is 1.56. The molecule has 0 aliphatic carbocycles. The minimum atomic E-state index is -0.497. The molecule has 0 saturated heterocycles. The molecule has 5 nitrogen and oxygen atoms in total. The summed E-state index contributed by atoms with van der Waals surface area (Å²) in [4.78, 5) is 10.4. The van der Waals surface area contributed by atoms with Crippen molar-refractivity contribution in [2.45, 2.75) is 13.5 Å². The van der Waals surface area contributed by atoms with E-state index in [1.165, 1.54) is 25.3 Å². The molecule has 2 aromatic carbocycles. The molecule has 0 aliphatic rings. The van der Waals surface area contributed by atoms with Crippen LogP contribution < -0.4 is 9.47 Å². The average molecular weight is 291 g/mol. The Labute approximate surface area is 121 Å². The van der Waals surface area contributed by atoms with Crippen molar-refractivity contribution in [2.24, 2.45) is 0 Å². The standard InChI is InChI=1S/C15H14FNO4/c1-10-12(17(18)19)6-4-7-13(10)21-9-11-5-3-8-14(20-2)15(11)16/h3-8H,9H2,1-2H3. The Morgan fingerprint density at radius 2 is 1.86 bits per heavy atom. The fraction of sp³-hybridized carbons (Fsp3) is 0.200. The van der Waals surface area contributed by atoms with Crippen LogP contribution in [0, 0.1) is 22.9 Å². The number of nitro benzene ring substituents is 1. The first kappa shape index (κ1) is 14.8. The predicted octanol–water partition coefficient (Wildman–Crippen LogP) is 3.63. The van der Waals surface area contributed by atoms with Crippen LogP contribution in [0.5, 0.6) is 11.5 Å². The molecule has 6 heteroatoms. The van der Waals surface area contributed by atoms with Crippen LogP contribution in [0.2, 0.25) is 0 Å². The molecule has 0 fully saturated rings. The van der Waals surface area contributed by atoms with E-state index in [0.29, 0.717) is 16.9 Å². The van der Waals surface area contributed by atoms with Crippen molar-refractivity contribution in [2.75, 3.05) is 7.11 Å². The molecule has 0 unspecified atom stereocenters. The molecule has 0 aromatic heterocycles. The molecular weight excluding hydrogens is 277 g/mol. The molecule has 0 N–H and O–H groups in total. The van der Waals surface area contributed by atoms with E-state index in [9.17, 15) is 14.5 Å². The molecule has 2 aromatic rings. The van der Waals surface area contributed by atoms with E-state index in [4.69, 9.17) is 9.47 Å². The molecule has 0 heterocycles. The highest BCUT2D eigenvalue weighted by molar-refractivity contribution is 5.48. The van der Waals surface area contributed by atoms with Crippen molar-refractivity contribution in [3.05, 3.63) is 63.5 Å². The van der Waals surface area contributed by atoms with Crippen molar-refractivity contribution in [3.63, 3.8) is 0 Å². The Bertz CT molecular complexity index is 673. The Balaban J connectivity index is 2.21.